The van der Waals surface area contributed by atoms with E-state index in [1.807, 2.05) is 7.05 Å². The minimum absolute atomic E-state index is 0.239. The molecule has 0 radical (unpaired) electrons. The summed E-state index contributed by atoms with van der Waals surface area (Å²) in [7, 11) is -1.63. The van der Waals surface area contributed by atoms with Gasteiger partial charge in [0.1, 0.15) is 12.4 Å². The van der Waals surface area contributed by atoms with Gasteiger partial charge in [0.05, 0.1) is 4.90 Å². The topological polar surface area (TPSA) is 67.4 Å². The van der Waals surface area contributed by atoms with E-state index in [2.05, 4.69) is 10.0 Å². The second kappa shape index (κ2) is 6.36. The minimum Gasteiger partial charge on any atom is -0.492 e. The lowest BCUT2D eigenvalue weighted by atomic mass is 10.1. The Morgan fingerprint density at radius 2 is 1.74 bits per heavy atom. The number of likely N-dealkylation sites (N-methyl/N-ethyl adjacent to an activating group) is 1. The maximum absolute atomic E-state index is 12.1. The first-order valence-corrected chi connectivity index (χ1v) is 7.64. The van der Waals surface area contributed by atoms with Crippen LogP contribution in [-0.2, 0) is 10.0 Å². The van der Waals surface area contributed by atoms with Gasteiger partial charge < -0.3 is 10.1 Å². The third-order valence-electron chi connectivity index (χ3n) is 2.20. The van der Waals surface area contributed by atoms with Crippen LogP contribution in [0, 0.1) is 0 Å². The highest BCUT2D eigenvalue weighted by Crippen LogP contribution is 2.17. The molecule has 0 heterocycles. The Bertz CT molecular complexity index is 490. The molecule has 0 unspecified atom stereocenters. The van der Waals surface area contributed by atoms with E-state index in [0.717, 1.165) is 6.54 Å². The monoisotopic (exact) mass is 286 g/mol. The van der Waals surface area contributed by atoms with Gasteiger partial charge in [0.2, 0.25) is 10.0 Å². The van der Waals surface area contributed by atoms with E-state index in [1.54, 1.807) is 45.0 Å². The van der Waals surface area contributed by atoms with Crippen molar-refractivity contribution in [3.8, 4) is 5.75 Å². The van der Waals surface area contributed by atoms with Gasteiger partial charge in [-0.05, 0) is 52.1 Å². The van der Waals surface area contributed by atoms with Gasteiger partial charge in [0, 0.05) is 12.1 Å². The molecule has 1 aromatic rings. The lowest BCUT2D eigenvalue weighted by Crippen LogP contribution is -2.40. The number of sulfonamides is 1. The number of benzene rings is 1. The number of nitrogens with one attached hydrogen (secondary N) is 2. The lowest BCUT2D eigenvalue weighted by Gasteiger charge is -2.20. The van der Waals surface area contributed by atoms with Crippen LogP contribution in [0.25, 0.3) is 0 Å². The fourth-order valence-electron chi connectivity index (χ4n) is 1.45. The highest BCUT2D eigenvalue weighted by atomic mass is 32.2. The third kappa shape index (κ3) is 5.59. The molecule has 0 aromatic heterocycles. The summed E-state index contributed by atoms with van der Waals surface area (Å²) in [4.78, 5) is 0.239. The van der Waals surface area contributed by atoms with Crippen molar-refractivity contribution in [3.05, 3.63) is 24.3 Å². The van der Waals surface area contributed by atoms with E-state index in [9.17, 15) is 8.42 Å². The number of ether oxygens (including phenoxy) is 1. The summed E-state index contributed by atoms with van der Waals surface area (Å²) in [5, 5.41) is 2.97. The van der Waals surface area contributed by atoms with Gasteiger partial charge in [-0.3, -0.25) is 0 Å². The molecular formula is C13H22N2O3S. The Morgan fingerprint density at radius 1 is 1.16 bits per heavy atom. The van der Waals surface area contributed by atoms with Gasteiger partial charge in [-0.25, -0.2) is 13.1 Å². The first kappa shape index (κ1) is 15.9. The molecule has 5 nitrogen and oxygen atoms in total. The first-order chi connectivity index (χ1) is 8.74. The molecule has 19 heavy (non-hydrogen) atoms. The Balaban J connectivity index is 2.75. The van der Waals surface area contributed by atoms with Crippen molar-refractivity contribution in [1.82, 2.24) is 10.0 Å². The largest absolute Gasteiger partial charge is 0.492 e. The molecule has 0 fully saturated rings. The van der Waals surface area contributed by atoms with Crippen molar-refractivity contribution < 1.29 is 13.2 Å². The molecule has 2 N–H and O–H groups in total. The Labute approximate surface area is 115 Å². The van der Waals surface area contributed by atoms with E-state index in [-0.39, 0.29) is 4.90 Å². The van der Waals surface area contributed by atoms with Crippen molar-refractivity contribution in [2.24, 2.45) is 0 Å². The number of rotatable bonds is 6. The van der Waals surface area contributed by atoms with Gasteiger partial charge in [-0.1, -0.05) is 0 Å². The molecule has 1 rings (SSSR count). The number of hydrogen-bond donors (Lipinski definition) is 2. The predicted octanol–water partition coefficient (Wildman–Crippen LogP) is 1.36. The standard InChI is InChI=1S/C13H22N2O3S/c1-13(2,3)15-19(16,17)12-7-5-11(6-8-12)18-10-9-14-4/h5-8,14-15H,9-10H2,1-4H3. The maximum Gasteiger partial charge on any atom is 0.241 e. The summed E-state index contributed by atoms with van der Waals surface area (Å²) in [6, 6.07) is 6.41. The van der Waals surface area contributed by atoms with Crippen LogP contribution in [0.4, 0.5) is 0 Å². The summed E-state index contributed by atoms with van der Waals surface area (Å²) in [5.74, 6) is 0.657. The summed E-state index contributed by atoms with van der Waals surface area (Å²) < 4.78 is 32.2. The van der Waals surface area contributed by atoms with Crippen LogP contribution >= 0.6 is 0 Å². The Morgan fingerprint density at radius 3 is 2.21 bits per heavy atom. The minimum atomic E-state index is -3.48. The Kier molecular flexibility index (Phi) is 5.34. The van der Waals surface area contributed by atoms with Crippen molar-refractivity contribution >= 4 is 10.0 Å². The molecule has 108 valence electrons. The van der Waals surface area contributed by atoms with Gasteiger partial charge in [0.15, 0.2) is 0 Å². The normalized spacial score (nSPS) is 12.4. The highest BCUT2D eigenvalue weighted by Gasteiger charge is 2.21. The van der Waals surface area contributed by atoms with Crippen LogP contribution in [0.5, 0.6) is 5.75 Å². The molecule has 0 aliphatic heterocycles. The Hall–Kier alpha value is -1.11. The zero-order valence-corrected chi connectivity index (χ0v) is 12.7. The van der Waals surface area contributed by atoms with E-state index in [4.69, 9.17) is 4.74 Å². The van der Waals surface area contributed by atoms with E-state index >= 15 is 0 Å². The molecule has 0 aliphatic rings. The van der Waals surface area contributed by atoms with Crippen LogP contribution in [0.2, 0.25) is 0 Å². The SMILES string of the molecule is CNCCOc1ccc(S(=O)(=O)NC(C)(C)C)cc1. The van der Waals surface area contributed by atoms with E-state index in [1.165, 1.54) is 0 Å². The van der Waals surface area contributed by atoms with Crippen molar-refractivity contribution in [1.29, 1.82) is 0 Å². The predicted molar refractivity (Wildman–Crippen MR) is 75.9 cm³/mol. The van der Waals surface area contributed by atoms with Crippen LogP contribution in [0.15, 0.2) is 29.2 Å². The quantitative estimate of drug-likeness (QED) is 0.775. The molecule has 0 amide bonds. The summed E-state index contributed by atoms with van der Waals surface area (Å²) in [5.41, 5.74) is -0.499. The lowest BCUT2D eigenvalue weighted by molar-refractivity contribution is 0.318. The van der Waals surface area contributed by atoms with Gasteiger partial charge in [0.25, 0.3) is 0 Å². The molecule has 0 aliphatic carbocycles. The second-order valence-electron chi connectivity index (χ2n) is 5.28. The van der Waals surface area contributed by atoms with Crippen LogP contribution in [-0.4, -0.2) is 34.2 Å². The van der Waals surface area contributed by atoms with Crippen molar-refractivity contribution in [2.75, 3.05) is 20.2 Å². The zero-order chi connectivity index (χ0) is 14.5. The summed E-state index contributed by atoms with van der Waals surface area (Å²) in [6.07, 6.45) is 0. The second-order valence-corrected chi connectivity index (χ2v) is 6.96. The van der Waals surface area contributed by atoms with Crippen molar-refractivity contribution in [2.45, 2.75) is 31.2 Å². The van der Waals surface area contributed by atoms with Crippen LogP contribution in [0.1, 0.15) is 20.8 Å². The van der Waals surface area contributed by atoms with Gasteiger partial charge in [-0.2, -0.15) is 0 Å². The summed E-state index contributed by atoms with van der Waals surface area (Å²) >= 11 is 0. The molecule has 0 atom stereocenters. The highest BCUT2D eigenvalue weighted by molar-refractivity contribution is 7.89. The van der Waals surface area contributed by atoms with Gasteiger partial charge >= 0.3 is 0 Å². The smallest absolute Gasteiger partial charge is 0.241 e. The van der Waals surface area contributed by atoms with Crippen LogP contribution < -0.4 is 14.8 Å². The fourth-order valence-corrected chi connectivity index (χ4v) is 2.87. The molecule has 6 heteroatoms. The van der Waals surface area contributed by atoms with E-state index < -0.39 is 15.6 Å². The molecular weight excluding hydrogens is 264 g/mol. The van der Waals surface area contributed by atoms with Crippen molar-refractivity contribution in [3.63, 3.8) is 0 Å². The molecule has 0 bridgehead atoms. The first-order valence-electron chi connectivity index (χ1n) is 6.16. The average molecular weight is 286 g/mol. The third-order valence-corrected chi connectivity index (χ3v) is 3.97. The molecule has 1 aromatic carbocycles. The van der Waals surface area contributed by atoms with Crippen LogP contribution in [0.3, 0.4) is 0 Å². The maximum atomic E-state index is 12.1. The fraction of sp³-hybridized carbons (Fsp3) is 0.538. The zero-order valence-electron chi connectivity index (χ0n) is 11.9. The van der Waals surface area contributed by atoms with E-state index in [0.29, 0.717) is 12.4 Å². The molecule has 0 saturated carbocycles. The average Bonchev–Trinajstić information content (AvgIpc) is 2.27. The number of hydrogen-bond acceptors (Lipinski definition) is 4. The summed E-state index contributed by atoms with van der Waals surface area (Å²) in [6.45, 7) is 6.70. The molecule has 0 saturated heterocycles. The van der Waals surface area contributed by atoms with Gasteiger partial charge in [-0.15, -0.1) is 0 Å². The molecule has 0 spiro atoms.